The number of carbonyl (C=O) groups excluding carboxylic acids is 1. The smallest absolute Gasteiger partial charge is 0.240 e. The van der Waals surface area contributed by atoms with Crippen molar-refractivity contribution in [2.75, 3.05) is 18.0 Å². The van der Waals surface area contributed by atoms with Gasteiger partial charge < -0.3 is 4.90 Å². The summed E-state index contributed by atoms with van der Waals surface area (Å²) in [7, 11) is 0. The molecule has 4 nitrogen and oxygen atoms in total. The maximum Gasteiger partial charge on any atom is 0.240 e. The number of fused-ring (bicyclic) bond motifs is 2. The molecule has 0 amide bonds. The molecule has 0 saturated heterocycles. The lowest BCUT2D eigenvalue weighted by molar-refractivity contribution is -0.570. The standard InChI is InChI=1S/C23H24N3O/c1-4-25(5-2)18-12-13-19-21(15-18)26(17-9-7-6-8-10-17)20-14-11-16(3)23(27)22(20)24-19/h6-16H,4-5H2,1-3H3/q+1. The Balaban J connectivity index is 2.07. The highest BCUT2D eigenvalue weighted by Crippen LogP contribution is 2.26. The number of Topliss-reactive ketones (excluding diaryl/α,β-unsaturated/α-hetero) is 1. The van der Waals surface area contributed by atoms with E-state index in [1.54, 1.807) is 0 Å². The Morgan fingerprint density at radius 2 is 1.81 bits per heavy atom. The number of ketones is 1. The van der Waals surface area contributed by atoms with E-state index in [0.717, 1.165) is 35.5 Å². The third-order valence-corrected chi connectivity index (χ3v) is 5.25. The van der Waals surface area contributed by atoms with Gasteiger partial charge in [0.25, 0.3) is 0 Å². The molecular formula is C23H24N3O+. The van der Waals surface area contributed by atoms with E-state index < -0.39 is 0 Å². The molecule has 0 fully saturated rings. The first-order valence-corrected chi connectivity index (χ1v) is 9.56. The summed E-state index contributed by atoms with van der Waals surface area (Å²) in [5.41, 5.74) is 5.45. The van der Waals surface area contributed by atoms with Crippen LogP contribution in [0.3, 0.4) is 0 Å². The van der Waals surface area contributed by atoms with Crippen molar-refractivity contribution in [2.45, 2.75) is 20.8 Å². The van der Waals surface area contributed by atoms with Crippen molar-refractivity contribution >= 4 is 28.6 Å². The van der Waals surface area contributed by atoms with Crippen molar-refractivity contribution in [2.24, 2.45) is 5.92 Å². The fourth-order valence-corrected chi connectivity index (χ4v) is 3.71. The number of allylic oxidation sites excluding steroid dienone is 1. The second kappa shape index (κ2) is 6.95. The Morgan fingerprint density at radius 3 is 2.52 bits per heavy atom. The highest BCUT2D eigenvalue weighted by Gasteiger charge is 2.32. The predicted molar refractivity (Wildman–Crippen MR) is 109 cm³/mol. The van der Waals surface area contributed by atoms with E-state index in [0.29, 0.717) is 5.69 Å². The van der Waals surface area contributed by atoms with Gasteiger partial charge in [0.05, 0.1) is 0 Å². The predicted octanol–water partition coefficient (Wildman–Crippen LogP) is 4.20. The average Bonchev–Trinajstić information content (AvgIpc) is 2.71. The second-order valence-electron chi connectivity index (χ2n) is 6.87. The lowest BCUT2D eigenvalue weighted by Crippen LogP contribution is -2.39. The van der Waals surface area contributed by atoms with E-state index >= 15 is 0 Å². The van der Waals surface area contributed by atoms with Crippen LogP contribution in [0.25, 0.3) is 22.8 Å². The van der Waals surface area contributed by atoms with Crippen molar-refractivity contribution in [3.8, 4) is 5.69 Å². The summed E-state index contributed by atoms with van der Waals surface area (Å²) in [6.07, 6.45) is 4.00. The van der Waals surface area contributed by atoms with E-state index in [-0.39, 0.29) is 11.7 Å². The average molecular weight is 358 g/mol. The summed E-state index contributed by atoms with van der Waals surface area (Å²) >= 11 is 0. The van der Waals surface area contributed by atoms with Crippen LogP contribution in [0.15, 0.2) is 54.6 Å². The Bertz CT molecular complexity index is 1040. The SMILES string of the molecule is CCN(CC)c1ccc2nc3c([n+](-c4ccccc4)c2c1)C=CC(C)C3=O. The van der Waals surface area contributed by atoms with E-state index in [1.165, 1.54) is 5.69 Å². The van der Waals surface area contributed by atoms with E-state index in [9.17, 15) is 4.79 Å². The molecule has 0 N–H and O–H groups in total. The molecule has 1 atom stereocenters. The van der Waals surface area contributed by atoms with Crippen molar-refractivity contribution in [1.29, 1.82) is 0 Å². The first kappa shape index (κ1) is 17.4. The summed E-state index contributed by atoms with van der Waals surface area (Å²) in [4.78, 5) is 19.8. The molecule has 4 heteroatoms. The van der Waals surface area contributed by atoms with E-state index in [4.69, 9.17) is 4.98 Å². The summed E-state index contributed by atoms with van der Waals surface area (Å²) in [6, 6.07) is 16.5. The molecule has 1 heterocycles. The van der Waals surface area contributed by atoms with Gasteiger partial charge in [0.1, 0.15) is 5.52 Å². The Labute approximate surface area is 159 Å². The van der Waals surface area contributed by atoms with Crippen molar-refractivity contribution in [3.05, 3.63) is 66.0 Å². The number of para-hydroxylation sites is 1. The van der Waals surface area contributed by atoms with Gasteiger partial charge >= 0.3 is 0 Å². The maximum atomic E-state index is 12.8. The molecule has 0 radical (unpaired) electrons. The van der Waals surface area contributed by atoms with Gasteiger partial charge in [-0.25, -0.2) is 4.98 Å². The van der Waals surface area contributed by atoms with Crippen LogP contribution in [0, 0.1) is 5.92 Å². The molecule has 0 aliphatic heterocycles. The zero-order chi connectivity index (χ0) is 19.0. The van der Waals surface area contributed by atoms with Crippen LogP contribution < -0.4 is 9.47 Å². The molecule has 4 rings (SSSR count). The van der Waals surface area contributed by atoms with Crippen molar-refractivity contribution in [1.82, 2.24) is 4.98 Å². The molecule has 1 aliphatic carbocycles. The zero-order valence-electron chi connectivity index (χ0n) is 16.0. The zero-order valence-corrected chi connectivity index (χ0v) is 16.0. The topological polar surface area (TPSA) is 37.1 Å². The summed E-state index contributed by atoms with van der Waals surface area (Å²) in [5, 5.41) is 0. The number of nitrogens with zero attached hydrogens (tertiary/aromatic N) is 3. The minimum Gasteiger partial charge on any atom is -0.372 e. The van der Waals surface area contributed by atoms with Crippen molar-refractivity contribution < 1.29 is 9.36 Å². The highest BCUT2D eigenvalue weighted by atomic mass is 16.1. The molecule has 2 aromatic carbocycles. The van der Waals surface area contributed by atoms with Crippen LogP contribution in [0.4, 0.5) is 5.69 Å². The van der Waals surface area contributed by atoms with Crippen LogP contribution in [-0.2, 0) is 0 Å². The quantitative estimate of drug-likeness (QED) is 0.656. The van der Waals surface area contributed by atoms with Crippen LogP contribution in [0.1, 0.15) is 37.0 Å². The number of benzene rings is 2. The molecule has 0 bridgehead atoms. The molecule has 136 valence electrons. The fourth-order valence-electron chi connectivity index (χ4n) is 3.71. The van der Waals surface area contributed by atoms with Crippen molar-refractivity contribution in [3.63, 3.8) is 0 Å². The van der Waals surface area contributed by atoms with Crippen LogP contribution >= 0.6 is 0 Å². The first-order valence-electron chi connectivity index (χ1n) is 9.56. The lowest BCUT2D eigenvalue weighted by atomic mass is 9.95. The molecule has 27 heavy (non-hydrogen) atoms. The lowest BCUT2D eigenvalue weighted by Gasteiger charge is -2.21. The van der Waals surface area contributed by atoms with E-state index in [2.05, 4.69) is 47.6 Å². The van der Waals surface area contributed by atoms with Gasteiger partial charge in [-0.15, -0.1) is 4.57 Å². The summed E-state index contributed by atoms with van der Waals surface area (Å²) in [6.45, 7) is 8.13. The van der Waals surface area contributed by atoms with Gasteiger partial charge in [-0.1, -0.05) is 31.2 Å². The van der Waals surface area contributed by atoms with Gasteiger partial charge in [-0.3, -0.25) is 4.79 Å². The monoisotopic (exact) mass is 358 g/mol. The number of hydrogen-bond acceptors (Lipinski definition) is 3. The van der Waals surface area contributed by atoms with Crippen LogP contribution in [0.5, 0.6) is 0 Å². The Kier molecular flexibility index (Phi) is 4.48. The minimum absolute atomic E-state index is 0.0758. The molecule has 3 aromatic rings. The van der Waals surface area contributed by atoms with Gasteiger partial charge in [0, 0.05) is 49.0 Å². The van der Waals surface area contributed by atoms with Gasteiger partial charge in [0.2, 0.25) is 16.9 Å². The third-order valence-electron chi connectivity index (χ3n) is 5.25. The number of hydrogen-bond donors (Lipinski definition) is 0. The molecule has 0 spiro atoms. The number of aromatic nitrogens is 2. The Hall–Kier alpha value is -3.01. The Morgan fingerprint density at radius 1 is 1.07 bits per heavy atom. The summed E-state index contributed by atoms with van der Waals surface area (Å²) in [5.74, 6) is -0.0616. The molecular weight excluding hydrogens is 334 g/mol. The van der Waals surface area contributed by atoms with Crippen LogP contribution in [-0.4, -0.2) is 23.9 Å². The molecule has 0 saturated carbocycles. The second-order valence-corrected chi connectivity index (χ2v) is 6.87. The minimum atomic E-state index is -0.137. The van der Waals surface area contributed by atoms with Gasteiger partial charge in [0.15, 0.2) is 11.5 Å². The van der Waals surface area contributed by atoms with Gasteiger partial charge in [-0.05, 0) is 26.0 Å². The third kappa shape index (κ3) is 2.91. The molecule has 1 aromatic heterocycles. The largest absolute Gasteiger partial charge is 0.372 e. The highest BCUT2D eigenvalue weighted by molar-refractivity contribution is 6.02. The number of carbonyl (C=O) groups is 1. The number of rotatable bonds is 4. The summed E-state index contributed by atoms with van der Waals surface area (Å²) < 4.78 is 2.16. The maximum absolute atomic E-state index is 12.8. The van der Waals surface area contributed by atoms with Crippen LogP contribution in [0.2, 0.25) is 0 Å². The molecule has 1 aliphatic rings. The van der Waals surface area contributed by atoms with E-state index in [1.807, 2.05) is 43.3 Å². The normalized spacial score (nSPS) is 15.8. The van der Waals surface area contributed by atoms with Gasteiger partial charge in [-0.2, -0.15) is 0 Å². The molecule has 1 unspecified atom stereocenters. The fraction of sp³-hybridized carbons (Fsp3) is 0.261. The first-order chi connectivity index (χ1) is 13.1. The number of anilines is 1.